The number of anilines is 2. The predicted octanol–water partition coefficient (Wildman–Crippen LogP) is 4.34. The summed E-state index contributed by atoms with van der Waals surface area (Å²) < 4.78 is 0. The number of benzene rings is 1. The molecule has 3 aromatic rings. The lowest BCUT2D eigenvalue weighted by atomic mass is 9.88. The Morgan fingerprint density at radius 2 is 1.88 bits per heavy atom. The summed E-state index contributed by atoms with van der Waals surface area (Å²) in [6.45, 7) is 9.96. The number of pyridine rings is 1. The Balaban J connectivity index is 1.34. The molecule has 2 aliphatic heterocycles. The summed E-state index contributed by atoms with van der Waals surface area (Å²) in [6, 6.07) is 13.1. The minimum Gasteiger partial charge on any atom is -0.375 e. The highest BCUT2D eigenvalue weighted by Gasteiger charge is 2.28. The number of hydrogen-bond donors (Lipinski definition) is 2. The molecule has 1 aromatic carbocycles. The van der Waals surface area contributed by atoms with E-state index in [1.54, 1.807) is 0 Å². The Bertz CT molecular complexity index is 1170. The molecule has 6 nitrogen and oxygen atoms in total. The molecule has 170 valence electrons. The Kier molecular flexibility index (Phi) is 5.91. The van der Waals surface area contributed by atoms with Crippen molar-refractivity contribution in [2.24, 2.45) is 0 Å². The van der Waals surface area contributed by atoms with Crippen LogP contribution in [0, 0.1) is 0 Å². The van der Waals surface area contributed by atoms with Crippen LogP contribution in [0.2, 0.25) is 0 Å². The number of allylic oxidation sites excluding steroid dienone is 2. The second kappa shape index (κ2) is 9.00. The van der Waals surface area contributed by atoms with Crippen LogP contribution in [-0.2, 0) is 5.54 Å². The zero-order valence-corrected chi connectivity index (χ0v) is 20.0. The maximum atomic E-state index is 5.84. The number of nitrogens with two attached hydrogens (primary N) is 1. The van der Waals surface area contributed by atoms with Gasteiger partial charge in [0.25, 0.3) is 0 Å². The van der Waals surface area contributed by atoms with Gasteiger partial charge in [-0.1, -0.05) is 31.2 Å². The van der Waals surface area contributed by atoms with Crippen LogP contribution in [0.4, 0.5) is 10.8 Å². The van der Waals surface area contributed by atoms with Gasteiger partial charge in [0.1, 0.15) is 0 Å². The third-order valence-electron chi connectivity index (χ3n) is 6.59. The summed E-state index contributed by atoms with van der Waals surface area (Å²) in [4.78, 5) is 14.1. The fourth-order valence-corrected chi connectivity index (χ4v) is 5.07. The molecule has 0 amide bonds. The number of rotatable bonds is 5. The largest absolute Gasteiger partial charge is 0.375 e. The fourth-order valence-electron chi connectivity index (χ4n) is 4.51. The van der Waals surface area contributed by atoms with E-state index in [0.29, 0.717) is 5.13 Å². The third-order valence-corrected chi connectivity index (χ3v) is 7.27. The first-order chi connectivity index (χ1) is 16.0. The van der Waals surface area contributed by atoms with E-state index in [-0.39, 0.29) is 5.54 Å². The number of hydrogen-bond acceptors (Lipinski definition) is 7. The highest BCUT2D eigenvalue weighted by Crippen LogP contribution is 2.32. The van der Waals surface area contributed by atoms with E-state index >= 15 is 0 Å². The molecule has 0 bridgehead atoms. The molecule has 1 atom stereocenters. The van der Waals surface area contributed by atoms with Crippen molar-refractivity contribution >= 4 is 27.9 Å². The summed E-state index contributed by atoms with van der Waals surface area (Å²) in [7, 11) is 0. The molecule has 5 rings (SSSR count). The molecule has 3 N–H and O–H groups in total. The van der Waals surface area contributed by atoms with Gasteiger partial charge in [-0.05, 0) is 49.4 Å². The molecule has 1 unspecified atom stereocenters. The van der Waals surface area contributed by atoms with E-state index in [2.05, 4.69) is 87.5 Å². The van der Waals surface area contributed by atoms with Gasteiger partial charge in [-0.3, -0.25) is 4.98 Å². The van der Waals surface area contributed by atoms with Crippen molar-refractivity contribution in [2.75, 3.05) is 43.4 Å². The number of nitrogens with zero attached hydrogens (tertiary/aromatic N) is 4. The molecule has 1 fully saturated rings. The van der Waals surface area contributed by atoms with Gasteiger partial charge in [0.2, 0.25) is 0 Å². The number of thiazole rings is 1. The number of likely N-dealkylation sites (N-methyl/N-ethyl adjacent to an activating group) is 1. The van der Waals surface area contributed by atoms with Crippen molar-refractivity contribution in [3.8, 4) is 11.3 Å². The second-order valence-corrected chi connectivity index (χ2v) is 9.63. The van der Waals surface area contributed by atoms with Gasteiger partial charge in [0.15, 0.2) is 5.13 Å². The number of nitrogens with one attached hydrogen (secondary N) is 1. The number of piperazine rings is 1. The Labute approximate surface area is 199 Å². The number of dihydropyridines is 1. The Morgan fingerprint density at radius 3 is 2.58 bits per heavy atom. The highest BCUT2D eigenvalue weighted by molar-refractivity contribution is 7.13. The van der Waals surface area contributed by atoms with Crippen molar-refractivity contribution in [2.45, 2.75) is 19.4 Å². The average molecular weight is 459 g/mol. The van der Waals surface area contributed by atoms with E-state index in [4.69, 9.17) is 5.73 Å². The maximum absolute atomic E-state index is 5.84. The monoisotopic (exact) mass is 458 g/mol. The molecule has 2 aliphatic rings. The van der Waals surface area contributed by atoms with E-state index in [1.807, 2.05) is 17.7 Å². The Hall–Kier alpha value is -3.16. The zero-order valence-electron chi connectivity index (χ0n) is 19.2. The van der Waals surface area contributed by atoms with Crippen LogP contribution >= 0.6 is 11.3 Å². The first-order valence-corrected chi connectivity index (χ1v) is 12.4. The molecule has 33 heavy (non-hydrogen) atoms. The van der Waals surface area contributed by atoms with Crippen LogP contribution in [-0.4, -0.2) is 47.6 Å². The normalized spacial score (nSPS) is 21.0. The highest BCUT2D eigenvalue weighted by atomic mass is 32.1. The van der Waals surface area contributed by atoms with Crippen LogP contribution in [0.5, 0.6) is 0 Å². The maximum Gasteiger partial charge on any atom is 0.180 e. The summed E-state index contributed by atoms with van der Waals surface area (Å²) in [5.41, 5.74) is 11.9. The van der Waals surface area contributed by atoms with Gasteiger partial charge in [0, 0.05) is 49.0 Å². The summed E-state index contributed by atoms with van der Waals surface area (Å²) in [5.74, 6) is 0. The van der Waals surface area contributed by atoms with Crippen LogP contribution < -0.4 is 16.0 Å². The van der Waals surface area contributed by atoms with Gasteiger partial charge in [-0.2, -0.15) is 0 Å². The van der Waals surface area contributed by atoms with Crippen molar-refractivity contribution in [3.05, 3.63) is 77.5 Å². The molecule has 0 saturated carbocycles. The fraction of sp³-hybridized carbons (Fsp3) is 0.308. The first-order valence-electron chi connectivity index (χ1n) is 11.5. The van der Waals surface area contributed by atoms with Gasteiger partial charge >= 0.3 is 0 Å². The van der Waals surface area contributed by atoms with Crippen LogP contribution in [0.15, 0.2) is 66.2 Å². The topological polar surface area (TPSA) is 70.3 Å². The number of nitrogen functional groups attached to an aromatic ring is 1. The quantitative estimate of drug-likeness (QED) is 0.593. The van der Waals surface area contributed by atoms with Crippen LogP contribution in [0.25, 0.3) is 17.0 Å². The SMILES string of the molecule is CCN1CCN(c2ccc(-c3cc(C4(C)C=CC=C(c5csc(N)n5)N4)ccn3)cc2)CC1. The molecule has 0 radical (unpaired) electrons. The van der Waals surface area contributed by atoms with Crippen LogP contribution in [0.1, 0.15) is 25.1 Å². The molecule has 0 spiro atoms. The van der Waals surface area contributed by atoms with Crippen LogP contribution in [0.3, 0.4) is 0 Å². The van der Waals surface area contributed by atoms with Crippen molar-refractivity contribution in [1.82, 2.24) is 20.2 Å². The van der Waals surface area contributed by atoms with Crippen molar-refractivity contribution in [3.63, 3.8) is 0 Å². The second-order valence-electron chi connectivity index (χ2n) is 8.74. The minimum atomic E-state index is -0.362. The lowest BCUT2D eigenvalue weighted by Gasteiger charge is -2.35. The molecule has 4 heterocycles. The summed E-state index contributed by atoms with van der Waals surface area (Å²) in [5, 5.41) is 6.20. The van der Waals surface area contributed by atoms with Gasteiger partial charge in [-0.25, -0.2) is 4.98 Å². The van der Waals surface area contributed by atoms with Gasteiger partial charge in [0.05, 0.1) is 22.6 Å². The molecular weight excluding hydrogens is 428 g/mol. The Morgan fingerprint density at radius 1 is 1.09 bits per heavy atom. The third kappa shape index (κ3) is 4.51. The van der Waals surface area contributed by atoms with E-state index < -0.39 is 0 Å². The average Bonchev–Trinajstić information content (AvgIpc) is 3.31. The minimum absolute atomic E-state index is 0.362. The molecule has 0 aliphatic carbocycles. The molecular formula is C26H30N6S. The zero-order chi connectivity index (χ0) is 22.8. The van der Waals surface area contributed by atoms with Gasteiger partial charge < -0.3 is 20.9 Å². The molecule has 2 aromatic heterocycles. The number of aromatic nitrogens is 2. The van der Waals surface area contributed by atoms with Crippen molar-refractivity contribution < 1.29 is 0 Å². The standard InChI is InChI=1S/C26H30N6S/c1-3-31-13-15-32(16-14-31)21-8-6-19(7-9-21)23-17-20(10-12-28-23)26(2)11-4-5-22(30-26)24-18-33-25(27)29-24/h4-12,17-18,30H,3,13-16H2,1-2H3,(H2,27,29). The molecule has 7 heteroatoms. The lowest BCUT2D eigenvalue weighted by Crippen LogP contribution is -2.46. The summed E-state index contributed by atoms with van der Waals surface area (Å²) >= 11 is 1.45. The first kappa shape index (κ1) is 21.7. The van der Waals surface area contributed by atoms with E-state index in [1.165, 1.54) is 17.0 Å². The molecule has 1 saturated heterocycles. The lowest BCUT2D eigenvalue weighted by molar-refractivity contribution is 0.271. The van der Waals surface area contributed by atoms with Crippen molar-refractivity contribution in [1.29, 1.82) is 0 Å². The predicted molar refractivity (Wildman–Crippen MR) is 138 cm³/mol. The van der Waals surface area contributed by atoms with E-state index in [9.17, 15) is 0 Å². The van der Waals surface area contributed by atoms with Gasteiger partial charge in [-0.15, -0.1) is 11.3 Å². The smallest absolute Gasteiger partial charge is 0.180 e. The van der Waals surface area contributed by atoms with E-state index in [0.717, 1.165) is 60.9 Å². The summed E-state index contributed by atoms with van der Waals surface area (Å²) in [6.07, 6.45) is 8.18.